The summed E-state index contributed by atoms with van der Waals surface area (Å²) in [5.41, 5.74) is -6.40. The second kappa shape index (κ2) is 7.08. The van der Waals surface area contributed by atoms with Gasteiger partial charge in [-0.05, 0) is 35.0 Å². The molecule has 33 heavy (non-hydrogen) atoms. The van der Waals surface area contributed by atoms with Crippen LogP contribution in [0.5, 0.6) is 0 Å². The first-order chi connectivity index (χ1) is 15.6. The molecule has 1 atom stereocenters. The van der Waals surface area contributed by atoms with Gasteiger partial charge in [0.25, 0.3) is 5.91 Å². The van der Waals surface area contributed by atoms with Crippen LogP contribution in [0.4, 0.5) is 18.9 Å². The number of anilines is 1. The number of rotatable bonds is 2. The zero-order valence-electron chi connectivity index (χ0n) is 16.3. The maximum Gasteiger partial charge on any atom is 0.442 e. The Balaban J connectivity index is 1.67. The van der Waals surface area contributed by atoms with Crippen molar-refractivity contribution in [2.45, 2.75) is 11.8 Å². The van der Waals surface area contributed by atoms with Crippen molar-refractivity contribution >= 4 is 50.9 Å². The van der Waals surface area contributed by atoms with Gasteiger partial charge in [0.1, 0.15) is 11.1 Å². The molecule has 0 aliphatic carbocycles. The molecule has 6 nitrogen and oxygen atoms in total. The number of carbonyl (C=O) groups is 2. The van der Waals surface area contributed by atoms with Crippen molar-refractivity contribution in [3.8, 4) is 0 Å². The SMILES string of the molecule is O=C(O[C@@]1(C(F)(F)F)C(=O)Nc2cc(Cl)ccc21)c1cc2c(ccc3ccccc32)oc1=O. The second-order valence-electron chi connectivity index (χ2n) is 7.36. The van der Waals surface area contributed by atoms with Crippen LogP contribution in [-0.4, -0.2) is 18.1 Å². The number of hydrogen-bond donors (Lipinski definition) is 1. The summed E-state index contributed by atoms with van der Waals surface area (Å²) in [6.07, 6.45) is -5.34. The Morgan fingerprint density at radius 2 is 1.76 bits per heavy atom. The van der Waals surface area contributed by atoms with Crippen molar-refractivity contribution in [3.05, 3.63) is 87.2 Å². The molecule has 1 N–H and O–H groups in total. The highest BCUT2D eigenvalue weighted by atomic mass is 35.5. The van der Waals surface area contributed by atoms with Gasteiger partial charge in [-0.2, -0.15) is 13.2 Å². The van der Waals surface area contributed by atoms with E-state index >= 15 is 0 Å². The molecule has 166 valence electrons. The minimum atomic E-state index is -5.34. The Kier molecular flexibility index (Phi) is 4.51. The summed E-state index contributed by atoms with van der Waals surface area (Å²) in [7, 11) is 0. The average Bonchev–Trinajstić information content (AvgIpc) is 3.04. The number of carbonyl (C=O) groups excluding carboxylic acids is 2. The van der Waals surface area contributed by atoms with E-state index in [1.165, 1.54) is 6.07 Å². The molecule has 0 radical (unpaired) electrons. The first kappa shape index (κ1) is 21.0. The highest BCUT2D eigenvalue weighted by Gasteiger charge is 2.69. The van der Waals surface area contributed by atoms with Crippen LogP contribution in [0.2, 0.25) is 5.02 Å². The second-order valence-corrected chi connectivity index (χ2v) is 7.79. The molecule has 5 rings (SSSR count). The molecule has 4 aromatic rings. The monoisotopic (exact) mass is 473 g/mol. The molecule has 1 aliphatic heterocycles. The van der Waals surface area contributed by atoms with Crippen LogP contribution < -0.4 is 10.9 Å². The Morgan fingerprint density at radius 1 is 1.00 bits per heavy atom. The fraction of sp³-hybridized carbons (Fsp3) is 0.0870. The third kappa shape index (κ3) is 3.07. The van der Waals surface area contributed by atoms with Gasteiger partial charge in [0.05, 0.1) is 5.69 Å². The molecule has 0 saturated carbocycles. The summed E-state index contributed by atoms with van der Waals surface area (Å²) >= 11 is 5.81. The van der Waals surface area contributed by atoms with E-state index in [1.807, 2.05) is 5.32 Å². The predicted octanol–water partition coefficient (Wildman–Crippen LogP) is 5.17. The van der Waals surface area contributed by atoms with Gasteiger partial charge in [0.15, 0.2) is 0 Å². The van der Waals surface area contributed by atoms with E-state index < -0.39 is 40.4 Å². The standard InChI is InChI=1S/C23H11ClF3NO5/c24-12-6-7-16-17(9-12)28-21(31)22(16,23(25,26)27)33-20(30)15-10-14-13-4-2-1-3-11(13)5-8-18(14)32-19(15)29/h1-10H,(H,28,31)/t22-/m1/s1. The normalized spacial score (nSPS) is 17.8. The molecular weight excluding hydrogens is 463 g/mol. The first-order valence-corrected chi connectivity index (χ1v) is 9.87. The van der Waals surface area contributed by atoms with Crippen LogP contribution in [0.1, 0.15) is 15.9 Å². The summed E-state index contributed by atoms with van der Waals surface area (Å²) in [5, 5.41) is 3.80. The van der Waals surface area contributed by atoms with Crippen molar-refractivity contribution in [3.63, 3.8) is 0 Å². The van der Waals surface area contributed by atoms with Crippen LogP contribution in [-0.2, 0) is 15.1 Å². The zero-order chi connectivity index (χ0) is 23.5. The molecule has 0 fully saturated rings. The summed E-state index contributed by atoms with van der Waals surface area (Å²) < 4.78 is 52.6. The Labute approximate surface area is 187 Å². The molecular formula is C23H11ClF3NO5. The summed E-state index contributed by atoms with van der Waals surface area (Å²) in [6.45, 7) is 0. The van der Waals surface area contributed by atoms with Gasteiger partial charge in [-0.1, -0.05) is 48.0 Å². The van der Waals surface area contributed by atoms with Crippen molar-refractivity contribution < 1.29 is 31.9 Å². The smallest absolute Gasteiger partial charge is 0.430 e. The summed E-state index contributed by atoms with van der Waals surface area (Å²) in [5.74, 6) is -3.29. The molecule has 3 aromatic carbocycles. The van der Waals surface area contributed by atoms with Gasteiger partial charge >= 0.3 is 23.4 Å². The Morgan fingerprint density at radius 3 is 2.52 bits per heavy atom. The lowest BCUT2D eigenvalue weighted by Crippen LogP contribution is -2.51. The largest absolute Gasteiger partial charge is 0.442 e. The Bertz CT molecular complexity index is 1550. The quantitative estimate of drug-likeness (QED) is 0.247. The maximum absolute atomic E-state index is 14.2. The van der Waals surface area contributed by atoms with Gasteiger partial charge < -0.3 is 14.5 Å². The lowest BCUT2D eigenvalue weighted by atomic mass is 9.94. The fourth-order valence-electron chi connectivity index (χ4n) is 3.91. The van der Waals surface area contributed by atoms with Crippen LogP contribution in [0.3, 0.4) is 0 Å². The number of hydrogen-bond acceptors (Lipinski definition) is 5. The van der Waals surface area contributed by atoms with Gasteiger partial charge in [-0.3, -0.25) is 4.79 Å². The molecule has 2 heterocycles. The van der Waals surface area contributed by atoms with E-state index in [1.54, 1.807) is 30.3 Å². The van der Waals surface area contributed by atoms with Crippen molar-refractivity contribution in [2.75, 3.05) is 5.32 Å². The molecule has 1 aliphatic rings. The van der Waals surface area contributed by atoms with Gasteiger partial charge in [0.2, 0.25) is 0 Å². The Hall–Kier alpha value is -3.85. The number of ether oxygens (including phenoxy) is 1. The van der Waals surface area contributed by atoms with E-state index in [9.17, 15) is 27.6 Å². The van der Waals surface area contributed by atoms with Gasteiger partial charge in [-0.15, -0.1) is 0 Å². The average molecular weight is 474 g/mol. The lowest BCUT2D eigenvalue weighted by molar-refractivity contribution is -0.251. The molecule has 1 aromatic heterocycles. The molecule has 0 unspecified atom stereocenters. The number of alkyl halides is 3. The highest BCUT2D eigenvalue weighted by molar-refractivity contribution is 6.31. The van der Waals surface area contributed by atoms with E-state index in [0.29, 0.717) is 10.8 Å². The predicted molar refractivity (Wildman–Crippen MR) is 113 cm³/mol. The highest BCUT2D eigenvalue weighted by Crippen LogP contribution is 2.50. The number of amides is 1. The first-order valence-electron chi connectivity index (χ1n) is 9.49. The molecule has 0 spiro atoms. The number of nitrogens with one attached hydrogen (secondary N) is 1. The van der Waals surface area contributed by atoms with E-state index in [0.717, 1.165) is 29.7 Å². The number of fused-ring (bicyclic) bond motifs is 4. The minimum Gasteiger partial charge on any atom is -0.430 e. The summed E-state index contributed by atoms with van der Waals surface area (Å²) in [6, 6.07) is 14.5. The van der Waals surface area contributed by atoms with E-state index in [-0.39, 0.29) is 16.3 Å². The minimum absolute atomic E-state index is 0.0698. The third-order valence-corrected chi connectivity index (χ3v) is 5.67. The van der Waals surface area contributed by atoms with Crippen molar-refractivity contribution in [1.82, 2.24) is 0 Å². The lowest BCUT2D eigenvalue weighted by Gasteiger charge is -2.29. The zero-order valence-corrected chi connectivity index (χ0v) is 17.1. The van der Waals surface area contributed by atoms with Crippen LogP contribution in [0.25, 0.3) is 21.7 Å². The molecule has 10 heteroatoms. The van der Waals surface area contributed by atoms with Crippen molar-refractivity contribution in [1.29, 1.82) is 0 Å². The van der Waals surface area contributed by atoms with Crippen LogP contribution >= 0.6 is 11.6 Å². The third-order valence-electron chi connectivity index (χ3n) is 5.44. The van der Waals surface area contributed by atoms with Gasteiger partial charge in [-0.25, -0.2) is 9.59 Å². The topological polar surface area (TPSA) is 85.6 Å². The number of esters is 1. The number of halogens is 4. The number of benzene rings is 3. The van der Waals surface area contributed by atoms with Crippen LogP contribution in [0.15, 0.2) is 69.9 Å². The summed E-state index contributed by atoms with van der Waals surface area (Å²) in [4.78, 5) is 37.8. The maximum atomic E-state index is 14.2. The van der Waals surface area contributed by atoms with Crippen LogP contribution in [0, 0.1) is 0 Å². The fourth-order valence-corrected chi connectivity index (χ4v) is 4.08. The molecule has 0 bridgehead atoms. The molecule has 0 saturated heterocycles. The molecule has 1 amide bonds. The van der Waals surface area contributed by atoms with E-state index in [2.05, 4.69) is 0 Å². The van der Waals surface area contributed by atoms with Gasteiger partial charge in [0, 0.05) is 16.0 Å². The van der Waals surface area contributed by atoms with Crippen molar-refractivity contribution in [2.24, 2.45) is 0 Å². The van der Waals surface area contributed by atoms with E-state index in [4.69, 9.17) is 20.8 Å².